The average Bonchev–Trinajstić information content (AvgIpc) is 3.08. The summed E-state index contributed by atoms with van der Waals surface area (Å²) < 4.78 is 11.0. The first-order chi connectivity index (χ1) is 10.3. The molecule has 2 heterocycles. The number of aliphatic imine (C=N–C) groups is 1. The molecule has 1 aromatic rings. The Morgan fingerprint density at radius 1 is 1.36 bits per heavy atom. The molecular weight excluding hydrogens is 282 g/mol. The normalized spacial score (nSPS) is 22.9. The van der Waals surface area contributed by atoms with Crippen molar-refractivity contribution < 1.29 is 9.26 Å². The van der Waals surface area contributed by atoms with Crippen LogP contribution in [0.4, 0.5) is 0 Å². The van der Waals surface area contributed by atoms with Crippen molar-refractivity contribution in [3.63, 3.8) is 0 Å². The van der Waals surface area contributed by atoms with Crippen molar-refractivity contribution in [3.8, 4) is 0 Å². The summed E-state index contributed by atoms with van der Waals surface area (Å²) in [6.45, 7) is 10.3. The fourth-order valence-electron chi connectivity index (χ4n) is 2.26. The van der Waals surface area contributed by atoms with Crippen LogP contribution in [0.2, 0.25) is 0 Å². The summed E-state index contributed by atoms with van der Waals surface area (Å²) in [6.07, 6.45) is 2.18. The molecule has 1 aromatic heterocycles. The van der Waals surface area contributed by atoms with E-state index in [1.165, 1.54) is 0 Å². The van der Waals surface area contributed by atoms with Crippen molar-refractivity contribution in [2.45, 2.75) is 58.1 Å². The molecule has 2 rings (SSSR count). The molecule has 1 aliphatic heterocycles. The highest BCUT2D eigenvalue weighted by Gasteiger charge is 2.29. The van der Waals surface area contributed by atoms with Crippen LogP contribution in [0.1, 0.15) is 52.3 Å². The van der Waals surface area contributed by atoms with Gasteiger partial charge in [-0.2, -0.15) is 4.98 Å². The average molecular weight is 309 g/mol. The van der Waals surface area contributed by atoms with Crippen LogP contribution in [0, 0.1) is 0 Å². The number of guanidine groups is 1. The maximum absolute atomic E-state index is 5.75. The Balaban J connectivity index is 1.82. The van der Waals surface area contributed by atoms with Gasteiger partial charge in [-0.15, -0.1) is 0 Å². The lowest BCUT2D eigenvalue weighted by atomic mass is 9.97. The number of ether oxygens (including phenoxy) is 1. The highest BCUT2D eigenvalue weighted by molar-refractivity contribution is 5.79. The molecule has 0 aromatic carbocycles. The molecular formula is C15H27N5O2. The fraction of sp³-hybridized carbons (Fsp3) is 0.800. The summed E-state index contributed by atoms with van der Waals surface area (Å²) in [5.41, 5.74) is -0.247. The standard InChI is InChI=1S/C15H27N5O2/c1-14(2,3)12-19-11(20-22-12)9-17-13(16-5)18-10-15(4)7-6-8-21-15/h6-10H2,1-5H3,(H2,16,17,18). The van der Waals surface area contributed by atoms with Crippen molar-refractivity contribution in [1.82, 2.24) is 20.8 Å². The highest BCUT2D eigenvalue weighted by Crippen LogP contribution is 2.23. The Labute approximate surface area is 131 Å². The molecule has 0 bridgehead atoms. The van der Waals surface area contributed by atoms with E-state index in [0.29, 0.717) is 24.2 Å². The molecule has 22 heavy (non-hydrogen) atoms. The predicted octanol–water partition coefficient (Wildman–Crippen LogP) is 1.60. The van der Waals surface area contributed by atoms with Crippen LogP contribution in [-0.2, 0) is 16.7 Å². The fourth-order valence-corrected chi connectivity index (χ4v) is 2.26. The van der Waals surface area contributed by atoms with Gasteiger partial charge in [0.25, 0.3) is 0 Å². The SMILES string of the molecule is CN=C(NCc1noc(C(C)(C)C)n1)NCC1(C)CCCO1. The minimum Gasteiger partial charge on any atom is -0.373 e. The van der Waals surface area contributed by atoms with Gasteiger partial charge in [0, 0.05) is 25.6 Å². The lowest BCUT2D eigenvalue weighted by Crippen LogP contribution is -2.45. The minimum atomic E-state index is -0.139. The second kappa shape index (κ2) is 6.64. The van der Waals surface area contributed by atoms with Crippen molar-refractivity contribution in [3.05, 3.63) is 11.7 Å². The van der Waals surface area contributed by atoms with Crippen LogP contribution in [-0.4, -0.2) is 41.9 Å². The van der Waals surface area contributed by atoms with Crippen LogP contribution in [0.15, 0.2) is 9.52 Å². The Hall–Kier alpha value is -1.63. The smallest absolute Gasteiger partial charge is 0.232 e. The van der Waals surface area contributed by atoms with E-state index in [9.17, 15) is 0 Å². The number of nitrogens with one attached hydrogen (secondary N) is 2. The third-order valence-corrected chi connectivity index (χ3v) is 3.68. The van der Waals surface area contributed by atoms with Gasteiger partial charge < -0.3 is 19.9 Å². The molecule has 0 spiro atoms. The number of nitrogens with zero attached hydrogens (tertiary/aromatic N) is 3. The van der Waals surface area contributed by atoms with E-state index in [4.69, 9.17) is 9.26 Å². The Bertz CT molecular complexity index is 512. The van der Waals surface area contributed by atoms with Crippen LogP contribution >= 0.6 is 0 Å². The Morgan fingerprint density at radius 3 is 2.68 bits per heavy atom. The van der Waals surface area contributed by atoms with Gasteiger partial charge in [0.1, 0.15) is 0 Å². The molecule has 0 aliphatic carbocycles. The third-order valence-electron chi connectivity index (χ3n) is 3.68. The monoisotopic (exact) mass is 309 g/mol. The van der Waals surface area contributed by atoms with Gasteiger partial charge in [0.15, 0.2) is 11.8 Å². The van der Waals surface area contributed by atoms with Crippen LogP contribution in [0.25, 0.3) is 0 Å². The predicted molar refractivity (Wildman–Crippen MR) is 84.8 cm³/mol. The number of aromatic nitrogens is 2. The highest BCUT2D eigenvalue weighted by atomic mass is 16.5. The quantitative estimate of drug-likeness (QED) is 0.649. The maximum Gasteiger partial charge on any atom is 0.232 e. The summed E-state index contributed by atoms with van der Waals surface area (Å²) in [4.78, 5) is 8.59. The van der Waals surface area contributed by atoms with E-state index in [2.05, 4.69) is 32.7 Å². The molecule has 0 radical (unpaired) electrons. The van der Waals surface area contributed by atoms with Gasteiger partial charge in [0.2, 0.25) is 5.89 Å². The van der Waals surface area contributed by atoms with Gasteiger partial charge in [-0.1, -0.05) is 25.9 Å². The first kappa shape index (κ1) is 16.7. The van der Waals surface area contributed by atoms with Gasteiger partial charge in [-0.25, -0.2) is 0 Å². The largest absolute Gasteiger partial charge is 0.373 e. The summed E-state index contributed by atoms with van der Waals surface area (Å²) in [5, 5.41) is 10.5. The minimum absolute atomic E-state index is 0.108. The second-order valence-corrected chi connectivity index (χ2v) is 6.95. The molecule has 1 fully saturated rings. The van der Waals surface area contributed by atoms with Crippen molar-refractivity contribution in [1.29, 1.82) is 0 Å². The summed E-state index contributed by atoms with van der Waals surface area (Å²) in [6, 6.07) is 0. The molecule has 7 heteroatoms. The first-order valence-corrected chi connectivity index (χ1v) is 7.74. The summed E-state index contributed by atoms with van der Waals surface area (Å²) >= 11 is 0. The zero-order valence-corrected chi connectivity index (χ0v) is 14.2. The molecule has 7 nitrogen and oxygen atoms in total. The number of hydrogen-bond donors (Lipinski definition) is 2. The Kier molecular flexibility index (Phi) is 5.05. The van der Waals surface area contributed by atoms with Crippen molar-refractivity contribution in [2.75, 3.05) is 20.2 Å². The maximum atomic E-state index is 5.75. The zero-order valence-electron chi connectivity index (χ0n) is 14.2. The zero-order chi connectivity index (χ0) is 16.2. The summed E-state index contributed by atoms with van der Waals surface area (Å²) in [5.74, 6) is 1.97. The van der Waals surface area contributed by atoms with Crippen molar-refractivity contribution >= 4 is 5.96 Å². The lowest BCUT2D eigenvalue weighted by molar-refractivity contribution is 0.0243. The van der Waals surface area contributed by atoms with Gasteiger partial charge in [0.05, 0.1) is 12.1 Å². The summed E-state index contributed by atoms with van der Waals surface area (Å²) in [7, 11) is 1.74. The molecule has 1 unspecified atom stereocenters. The number of hydrogen-bond acceptors (Lipinski definition) is 5. The van der Waals surface area contributed by atoms with E-state index < -0.39 is 0 Å². The van der Waals surface area contributed by atoms with E-state index >= 15 is 0 Å². The second-order valence-electron chi connectivity index (χ2n) is 6.95. The molecule has 1 saturated heterocycles. The van der Waals surface area contributed by atoms with E-state index in [-0.39, 0.29) is 11.0 Å². The number of rotatable bonds is 4. The van der Waals surface area contributed by atoms with E-state index in [1.807, 2.05) is 20.8 Å². The molecule has 0 amide bonds. The van der Waals surface area contributed by atoms with Crippen LogP contribution < -0.4 is 10.6 Å². The molecule has 0 saturated carbocycles. The molecule has 124 valence electrons. The molecule has 1 aliphatic rings. The first-order valence-electron chi connectivity index (χ1n) is 7.74. The van der Waals surface area contributed by atoms with Crippen molar-refractivity contribution in [2.24, 2.45) is 4.99 Å². The van der Waals surface area contributed by atoms with Gasteiger partial charge >= 0.3 is 0 Å². The Morgan fingerprint density at radius 2 is 2.14 bits per heavy atom. The van der Waals surface area contributed by atoms with E-state index in [0.717, 1.165) is 26.0 Å². The van der Waals surface area contributed by atoms with Crippen LogP contribution in [0.5, 0.6) is 0 Å². The van der Waals surface area contributed by atoms with Gasteiger partial charge in [-0.05, 0) is 19.8 Å². The van der Waals surface area contributed by atoms with Gasteiger partial charge in [-0.3, -0.25) is 4.99 Å². The topological polar surface area (TPSA) is 84.6 Å². The third kappa shape index (κ3) is 4.43. The van der Waals surface area contributed by atoms with E-state index in [1.54, 1.807) is 7.05 Å². The molecule has 1 atom stereocenters. The molecule has 2 N–H and O–H groups in total. The van der Waals surface area contributed by atoms with Crippen LogP contribution in [0.3, 0.4) is 0 Å². The lowest BCUT2D eigenvalue weighted by Gasteiger charge is -2.24.